The first-order valence-corrected chi connectivity index (χ1v) is 8.32. The first kappa shape index (κ1) is 18.3. The number of anilines is 2. The predicted molar refractivity (Wildman–Crippen MR) is 96.0 cm³/mol. The second-order valence-electron chi connectivity index (χ2n) is 7.38. The molecular weight excluding hydrogens is 306 g/mol. The number of amides is 1. The summed E-state index contributed by atoms with van der Waals surface area (Å²) < 4.78 is 5.40. The molecule has 0 spiro atoms. The lowest BCUT2D eigenvalue weighted by molar-refractivity contribution is 0.0481. The highest BCUT2D eigenvalue weighted by Crippen LogP contribution is 2.27. The minimum absolute atomic E-state index is 0.0823. The number of nitrogens with two attached hydrogens (primary N) is 1. The first-order valence-electron chi connectivity index (χ1n) is 8.32. The van der Waals surface area contributed by atoms with E-state index in [4.69, 9.17) is 10.5 Å². The van der Waals surface area contributed by atoms with Crippen molar-refractivity contribution in [3.63, 3.8) is 0 Å². The van der Waals surface area contributed by atoms with Crippen LogP contribution in [0.2, 0.25) is 0 Å². The highest BCUT2D eigenvalue weighted by atomic mass is 16.6. The van der Waals surface area contributed by atoms with Gasteiger partial charge in [0.1, 0.15) is 5.60 Å². The molecule has 0 bridgehead atoms. The summed E-state index contributed by atoms with van der Waals surface area (Å²) in [6, 6.07) is 1.99. The molecule has 1 saturated heterocycles. The highest BCUT2D eigenvalue weighted by Gasteiger charge is 2.36. The quantitative estimate of drug-likeness (QED) is 0.777. The third-order valence-electron chi connectivity index (χ3n) is 4.18. The van der Waals surface area contributed by atoms with E-state index < -0.39 is 11.7 Å². The molecule has 0 aromatic carbocycles. The SMILES string of the molecule is CN[C@H]1[C@@H](C)CN(c2ccncc2N)C[C@H]1NC(=O)OC(C)(C)C. The summed E-state index contributed by atoms with van der Waals surface area (Å²) in [7, 11) is 1.92. The highest BCUT2D eigenvalue weighted by molar-refractivity contribution is 5.69. The fraction of sp³-hybridized carbons (Fsp3) is 0.647. The average Bonchev–Trinajstić information content (AvgIpc) is 2.45. The number of carbonyl (C=O) groups excluding carboxylic acids is 1. The van der Waals surface area contributed by atoms with Crippen LogP contribution in [0.4, 0.5) is 16.2 Å². The number of piperidine rings is 1. The number of hydrogen-bond donors (Lipinski definition) is 3. The summed E-state index contributed by atoms with van der Waals surface area (Å²) in [6.07, 6.45) is 2.99. The number of alkyl carbamates (subject to hydrolysis) is 1. The van der Waals surface area contributed by atoms with Crippen LogP contribution in [0.1, 0.15) is 27.7 Å². The van der Waals surface area contributed by atoms with Crippen molar-refractivity contribution in [2.45, 2.75) is 45.4 Å². The molecular formula is C17H29N5O2. The number of aromatic nitrogens is 1. The van der Waals surface area contributed by atoms with Gasteiger partial charge < -0.3 is 26.0 Å². The summed E-state index contributed by atoms with van der Waals surface area (Å²) in [6.45, 7) is 9.24. The molecule has 1 amide bonds. The molecule has 1 fully saturated rings. The molecule has 134 valence electrons. The van der Waals surface area contributed by atoms with Crippen LogP contribution in [0, 0.1) is 5.92 Å². The zero-order valence-corrected chi connectivity index (χ0v) is 15.2. The lowest BCUT2D eigenvalue weighted by Crippen LogP contribution is -2.63. The van der Waals surface area contributed by atoms with Gasteiger partial charge in [0.2, 0.25) is 0 Å². The molecule has 1 aromatic rings. The Balaban J connectivity index is 2.15. The Kier molecular flexibility index (Phi) is 5.54. The Labute approximate surface area is 143 Å². The molecule has 4 N–H and O–H groups in total. The zero-order valence-electron chi connectivity index (χ0n) is 15.2. The molecule has 0 aliphatic carbocycles. The van der Waals surface area contributed by atoms with Gasteiger partial charge in [-0.1, -0.05) is 6.92 Å². The lowest BCUT2D eigenvalue weighted by atomic mass is 9.89. The monoisotopic (exact) mass is 335 g/mol. The van der Waals surface area contributed by atoms with E-state index in [9.17, 15) is 4.79 Å². The average molecular weight is 335 g/mol. The normalized spacial score (nSPS) is 24.5. The number of pyridine rings is 1. The van der Waals surface area contributed by atoms with E-state index in [0.717, 1.165) is 12.2 Å². The predicted octanol–water partition coefficient (Wildman–Crippen LogP) is 1.60. The topological polar surface area (TPSA) is 92.5 Å². The standard InChI is InChI=1S/C17H29N5O2/c1-11-9-22(14-6-7-20-8-12(14)18)10-13(15(11)19-5)21-16(23)24-17(2,3)4/h6-8,11,13,15,19H,9-10,18H2,1-5H3,(H,21,23)/t11-,13+,15-/m0/s1. The first-order chi connectivity index (χ1) is 11.2. The van der Waals surface area contributed by atoms with Gasteiger partial charge in [-0.25, -0.2) is 4.79 Å². The van der Waals surface area contributed by atoms with Crippen molar-refractivity contribution in [3.05, 3.63) is 18.5 Å². The van der Waals surface area contributed by atoms with Crippen molar-refractivity contribution in [2.24, 2.45) is 5.92 Å². The van der Waals surface area contributed by atoms with Gasteiger partial charge in [-0.15, -0.1) is 0 Å². The molecule has 2 heterocycles. The molecule has 0 saturated carbocycles. The maximum Gasteiger partial charge on any atom is 0.407 e. The van der Waals surface area contributed by atoms with E-state index >= 15 is 0 Å². The molecule has 1 aliphatic heterocycles. The summed E-state index contributed by atoms with van der Waals surface area (Å²) in [5, 5.41) is 6.32. The fourth-order valence-electron chi connectivity index (χ4n) is 3.25. The van der Waals surface area contributed by atoms with Crippen molar-refractivity contribution in [1.82, 2.24) is 15.6 Å². The van der Waals surface area contributed by atoms with Crippen molar-refractivity contribution in [3.8, 4) is 0 Å². The minimum Gasteiger partial charge on any atom is -0.444 e. The van der Waals surface area contributed by atoms with Gasteiger partial charge in [0, 0.05) is 25.3 Å². The molecule has 3 atom stereocenters. The molecule has 0 radical (unpaired) electrons. The number of nitrogen functional groups attached to an aromatic ring is 1. The van der Waals surface area contributed by atoms with Gasteiger partial charge >= 0.3 is 6.09 Å². The second-order valence-corrected chi connectivity index (χ2v) is 7.38. The maximum atomic E-state index is 12.2. The smallest absolute Gasteiger partial charge is 0.407 e. The van der Waals surface area contributed by atoms with Crippen molar-refractivity contribution in [1.29, 1.82) is 0 Å². The Morgan fingerprint density at radius 1 is 1.42 bits per heavy atom. The molecule has 24 heavy (non-hydrogen) atoms. The van der Waals surface area contributed by atoms with Crippen LogP contribution >= 0.6 is 0 Å². The number of carbonyl (C=O) groups is 1. The number of nitrogens with zero attached hydrogens (tertiary/aromatic N) is 2. The number of nitrogens with one attached hydrogen (secondary N) is 2. The third kappa shape index (κ3) is 4.50. The van der Waals surface area contributed by atoms with Crippen molar-refractivity contribution in [2.75, 3.05) is 30.8 Å². The third-order valence-corrected chi connectivity index (χ3v) is 4.18. The Hall–Kier alpha value is -2.02. The number of ether oxygens (including phenoxy) is 1. The fourth-order valence-corrected chi connectivity index (χ4v) is 3.25. The van der Waals surface area contributed by atoms with E-state index in [2.05, 4.69) is 27.4 Å². The lowest BCUT2D eigenvalue weighted by Gasteiger charge is -2.44. The van der Waals surface area contributed by atoms with E-state index in [1.165, 1.54) is 0 Å². The van der Waals surface area contributed by atoms with Crippen LogP contribution in [0.5, 0.6) is 0 Å². The van der Waals surface area contributed by atoms with E-state index in [1.807, 2.05) is 33.9 Å². The van der Waals surface area contributed by atoms with Crippen LogP contribution in [0.3, 0.4) is 0 Å². The largest absolute Gasteiger partial charge is 0.444 e. The molecule has 0 unspecified atom stereocenters. The number of likely N-dealkylation sites (N-methyl/N-ethyl adjacent to an activating group) is 1. The molecule has 7 nitrogen and oxygen atoms in total. The van der Waals surface area contributed by atoms with E-state index in [-0.39, 0.29) is 12.1 Å². The second kappa shape index (κ2) is 7.25. The minimum atomic E-state index is -0.519. The van der Waals surface area contributed by atoms with Crippen LogP contribution in [-0.2, 0) is 4.74 Å². The number of hydrogen-bond acceptors (Lipinski definition) is 6. The van der Waals surface area contributed by atoms with Gasteiger partial charge in [-0.3, -0.25) is 4.98 Å². The van der Waals surface area contributed by atoms with Gasteiger partial charge in [0.25, 0.3) is 0 Å². The van der Waals surface area contributed by atoms with Gasteiger partial charge in [-0.2, -0.15) is 0 Å². The summed E-state index contributed by atoms with van der Waals surface area (Å²) in [5.74, 6) is 0.330. The number of rotatable bonds is 3. The van der Waals surface area contributed by atoms with E-state index in [1.54, 1.807) is 12.4 Å². The molecule has 1 aliphatic rings. The molecule has 2 rings (SSSR count). The van der Waals surface area contributed by atoms with Crippen molar-refractivity contribution >= 4 is 17.5 Å². The Bertz CT molecular complexity index is 572. The van der Waals surface area contributed by atoms with Crippen LogP contribution < -0.4 is 21.3 Å². The summed E-state index contributed by atoms with van der Waals surface area (Å²) in [4.78, 5) is 18.4. The van der Waals surface area contributed by atoms with Gasteiger partial charge in [0.15, 0.2) is 0 Å². The van der Waals surface area contributed by atoms with Crippen molar-refractivity contribution < 1.29 is 9.53 Å². The molecule has 1 aromatic heterocycles. The molecule has 7 heteroatoms. The zero-order chi connectivity index (χ0) is 17.9. The van der Waals surface area contributed by atoms with Crippen LogP contribution in [-0.4, -0.2) is 48.9 Å². The Morgan fingerprint density at radius 2 is 2.12 bits per heavy atom. The van der Waals surface area contributed by atoms with Gasteiger partial charge in [-0.05, 0) is 39.8 Å². The summed E-state index contributed by atoms with van der Waals surface area (Å²) in [5.41, 5.74) is 7.13. The van der Waals surface area contributed by atoms with Crippen LogP contribution in [0.15, 0.2) is 18.5 Å². The van der Waals surface area contributed by atoms with Crippen LogP contribution in [0.25, 0.3) is 0 Å². The van der Waals surface area contributed by atoms with E-state index in [0.29, 0.717) is 18.2 Å². The maximum absolute atomic E-state index is 12.2. The summed E-state index contributed by atoms with van der Waals surface area (Å²) >= 11 is 0. The Morgan fingerprint density at radius 3 is 2.71 bits per heavy atom. The van der Waals surface area contributed by atoms with Gasteiger partial charge in [0.05, 0.1) is 23.6 Å².